The Bertz CT molecular complexity index is 543. The minimum atomic E-state index is -4.36. The van der Waals surface area contributed by atoms with Gasteiger partial charge >= 0.3 is 6.18 Å². The third-order valence-corrected chi connectivity index (χ3v) is 2.65. The second-order valence-corrected chi connectivity index (χ2v) is 4.32. The normalized spacial score (nSPS) is 12.1. The Labute approximate surface area is 98.4 Å². The molecular formula is C11H7BrF3N. The summed E-state index contributed by atoms with van der Waals surface area (Å²) in [5.74, 6) is 0. The number of hydrogen-bond donors (Lipinski definition) is 0. The molecule has 0 spiro atoms. The van der Waals surface area contributed by atoms with Crippen LogP contribution < -0.4 is 0 Å². The van der Waals surface area contributed by atoms with Crippen molar-refractivity contribution in [1.29, 1.82) is 0 Å². The molecule has 0 saturated heterocycles. The molecule has 0 radical (unpaired) electrons. The van der Waals surface area contributed by atoms with Crippen molar-refractivity contribution in [1.82, 2.24) is 4.98 Å². The van der Waals surface area contributed by atoms with Gasteiger partial charge in [0.1, 0.15) is 4.60 Å². The van der Waals surface area contributed by atoms with E-state index in [1.54, 1.807) is 12.1 Å². The van der Waals surface area contributed by atoms with Gasteiger partial charge in [0.05, 0.1) is 11.1 Å². The monoisotopic (exact) mass is 289 g/mol. The molecule has 1 heterocycles. The second-order valence-electron chi connectivity index (χ2n) is 3.51. The Morgan fingerprint density at radius 2 is 1.88 bits per heavy atom. The van der Waals surface area contributed by atoms with E-state index in [1.165, 1.54) is 6.07 Å². The van der Waals surface area contributed by atoms with E-state index in [1.807, 2.05) is 6.92 Å². The Morgan fingerprint density at radius 3 is 2.50 bits per heavy atom. The first kappa shape index (κ1) is 11.4. The predicted octanol–water partition coefficient (Wildman–Crippen LogP) is 4.32. The highest BCUT2D eigenvalue weighted by atomic mass is 79.9. The molecule has 1 nitrogen and oxygen atoms in total. The maximum Gasteiger partial charge on any atom is 0.417 e. The fourth-order valence-electron chi connectivity index (χ4n) is 1.54. The number of alkyl halides is 3. The van der Waals surface area contributed by atoms with Gasteiger partial charge in [-0.25, -0.2) is 4.98 Å². The Balaban J connectivity index is 2.83. The van der Waals surface area contributed by atoms with Crippen LogP contribution in [-0.2, 0) is 6.18 Å². The lowest BCUT2D eigenvalue weighted by Crippen LogP contribution is -2.06. The smallest absolute Gasteiger partial charge is 0.241 e. The molecule has 5 heteroatoms. The quantitative estimate of drug-likeness (QED) is 0.658. The van der Waals surface area contributed by atoms with E-state index in [0.717, 1.165) is 11.6 Å². The molecule has 1 aromatic heterocycles. The van der Waals surface area contributed by atoms with Gasteiger partial charge in [-0.3, -0.25) is 0 Å². The van der Waals surface area contributed by atoms with Gasteiger partial charge in [-0.15, -0.1) is 0 Å². The van der Waals surface area contributed by atoms with E-state index < -0.39 is 11.7 Å². The van der Waals surface area contributed by atoms with Crippen LogP contribution in [0.15, 0.2) is 28.9 Å². The molecule has 0 amide bonds. The Hall–Kier alpha value is -1.10. The van der Waals surface area contributed by atoms with Gasteiger partial charge in [-0.05, 0) is 40.5 Å². The number of benzene rings is 1. The molecule has 0 aliphatic rings. The van der Waals surface area contributed by atoms with E-state index in [0.29, 0.717) is 5.52 Å². The zero-order valence-corrected chi connectivity index (χ0v) is 9.85. The summed E-state index contributed by atoms with van der Waals surface area (Å²) < 4.78 is 38.4. The Morgan fingerprint density at radius 1 is 1.19 bits per heavy atom. The zero-order chi connectivity index (χ0) is 11.9. The molecule has 0 unspecified atom stereocenters. The highest BCUT2D eigenvalue weighted by Gasteiger charge is 2.33. The Kier molecular flexibility index (Phi) is 2.66. The molecule has 0 aliphatic heterocycles. The number of hydrogen-bond acceptors (Lipinski definition) is 1. The molecule has 0 saturated carbocycles. The van der Waals surface area contributed by atoms with E-state index in [9.17, 15) is 13.2 Å². The van der Waals surface area contributed by atoms with Crippen LogP contribution in [0, 0.1) is 6.92 Å². The van der Waals surface area contributed by atoms with E-state index in [4.69, 9.17) is 0 Å². The predicted molar refractivity (Wildman–Crippen MR) is 59.2 cm³/mol. The third kappa shape index (κ3) is 2.04. The van der Waals surface area contributed by atoms with E-state index in [-0.39, 0.29) is 9.99 Å². The lowest BCUT2D eigenvalue weighted by molar-refractivity contribution is -0.136. The molecule has 84 valence electrons. The van der Waals surface area contributed by atoms with Gasteiger partial charge < -0.3 is 0 Å². The first-order valence-electron chi connectivity index (χ1n) is 4.52. The minimum Gasteiger partial charge on any atom is -0.241 e. The minimum absolute atomic E-state index is 0.126. The maximum absolute atomic E-state index is 12.7. The molecular weight excluding hydrogens is 283 g/mol. The number of rotatable bonds is 0. The number of aromatic nitrogens is 1. The van der Waals surface area contributed by atoms with Crippen molar-refractivity contribution in [2.75, 3.05) is 0 Å². The lowest BCUT2D eigenvalue weighted by atomic mass is 10.1. The lowest BCUT2D eigenvalue weighted by Gasteiger charge is -2.10. The molecule has 0 N–H and O–H groups in total. The molecule has 1 aromatic carbocycles. The van der Waals surface area contributed by atoms with Crippen LogP contribution in [0.4, 0.5) is 13.2 Å². The van der Waals surface area contributed by atoms with Gasteiger partial charge in [0.2, 0.25) is 0 Å². The maximum atomic E-state index is 12.7. The van der Waals surface area contributed by atoms with Gasteiger partial charge in [0.15, 0.2) is 0 Å². The van der Waals surface area contributed by atoms with Crippen molar-refractivity contribution < 1.29 is 13.2 Å². The molecule has 2 rings (SSSR count). The highest BCUT2D eigenvalue weighted by molar-refractivity contribution is 9.10. The van der Waals surface area contributed by atoms with Crippen molar-refractivity contribution >= 4 is 26.8 Å². The standard InChI is InChI=1S/C11H7BrF3N/c1-6-2-3-7-8(11(13,14)15)5-10(12)16-9(7)4-6/h2-5H,1H3. The van der Waals surface area contributed by atoms with Crippen LogP contribution in [-0.4, -0.2) is 4.98 Å². The first-order valence-corrected chi connectivity index (χ1v) is 5.31. The first-order chi connectivity index (χ1) is 7.38. The summed E-state index contributed by atoms with van der Waals surface area (Å²) in [6.45, 7) is 1.81. The molecule has 0 atom stereocenters. The molecule has 2 aromatic rings. The van der Waals surface area contributed by atoms with Crippen molar-refractivity contribution in [2.24, 2.45) is 0 Å². The SMILES string of the molecule is Cc1ccc2c(C(F)(F)F)cc(Br)nc2c1. The zero-order valence-electron chi connectivity index (χ0n) is 8.27. The average Bonchev–Trinajstić information content (AvgIpc) is 2.14. The van der Waals surface area contributed by atoms with Crippen LogP contribution in [0.2, 0.25) is 0 Å². The molecule has 0 aliphatic carbocycles. The number of aryl methyl sites for hydroxylation is 1. The molecule has 0 fully saturated rings. The third-order valence-electron chi connectivity index (χ3n) is 2.24. The van der Waals surface area contributed by atoms with Gasteiger partial charge in [0.25, 0.3) is 0 Å². The van der Waals surface area contributed by atoms with Crippen LogP contribution in [0.5, 0.6) is 0 Å². The highest BCUT2D eigenvalue weighted by Crippen LogP contribution is 2.35. The average molecular weight is 290 g/mol. The van der Waals surface area contributed by atoms with Gasteiger partial charge in [-0.2, -0.15) is 13.2 Å². The van der Waals surface area contributed by atoms with Crippen LogP contribution in [0.25, 0.3) is 10.9 Å². The summed E-state index contributed by atoms with van der Waals surface area (Å²) in [6.07, 6.45) is -4.36. The summed E-state index contributed by atoms with van der Waals surface area (Å²) in [4.78, 5) is 4.03. The fourth-order valence-corrected chi connectivity index (χ4v) is 1.96. The van der Waals surface area contributed by atoms with Crippen molar-refractivity contribution in [3.8, 4) is 0 Å². The summed E-state index contributed by atoms with van der Waals surface area (Å²) in [5.41, 5.74) is 0.567. The fraction of sp³-hybridized carbons (Fsp3) is 0.182. The largest absolute Gasteiger partial charge is 0.417 e. The van der Waals surface area contributed by atoms with Gasteiger partial charge in [0, 0.05) is 5.39 Å². The summed E-state index contributed by atoms with van der Waals surface area (Å²) >= 11 is 2.99. The van der Waals surface area contributed by atoms with Crippen LogP contribution in [0.1, 0.15) is 11.1 Å². The number of fused-ring (bicyclic) bond motifs is 1. The molecule has 16 heavy (non-hydrogen) atoms. The van der Waals surface area contributed by atoms with Crippen molar-refractivity contribution in [3.05, 3.63) is 40.0 Å². The number of nitrogens with zero attached hydrogens (tertiary/aromatic N) is 1. The topological polar surface area (TPSA) is 12.9 Å². The number of halogens is 4. The second kappa shape index (κ2) is 3.73. The summed E-state index contributed by atoms with van der Waals surface area (Å²) in [7, 11) is 0. The van der Waals surface area contributed by atoms with Gasteiger partial charge in [-0.1, -0.05) is 12.1 Å². The van der Waals surface area contributed by atoms with Crippen molar-refractivity contribution in [3.63, 3.8) is 0 Å². The summed E-state index contributed by atoms with van der Waals surface area (Å²) in [5, 5.41) is 0.126. The van der Waals surface area contributed by atoms with Crippen LogP contribution >= 0.6 is 15.9 Å². The molecule has 0 bridgehead atoms. The van der Waals surface area contributed by atoms with E-state index >= 15 is 0 Å². The summed E-state index contributed by atoms with van der Waals surface area (Å²) in [6, 6.07) is 5.73. The number of pyridine rings is 1. The van der Waals surface area contributed by atoms with Crippen LogP contribution in [0.3, 0.4) is 0 Å². The van der Waals surface area contributed by atoms with Crippen molar-refractivity contribution in [2.45, 2.75) is 13.1 Å². The van der Waals surface area contributed by atoms with E-state index in [2.05, 4.69) is 20.9 Å².